The molecular weight excluding hydrogens is 1640 g/mol. The fourth-order valence-electron chi connectivity index (χ4n) is 10.8. The molecule has 10 heterocycles. The molecule has 17 N–H and O–H groups in total. The molecule has 0 bridgehead atoms. The van der Waals surface area contributed by atoms with Crippen molar-refractivity contribution in [1.82, 2.24) is 89.4 Å². The third kappa shape index (κ3) is 34.5. The Labute approximate surface area is 713 Å². The number of aliphatic imine (C=N–C) groups is 1. The molecule has 10 rings (SSSR count). The summed E-state index contributed by atoms with van der Waals surface area (Å²) in [6.45, 7) is 24.1. The van der Waals surface area contributed by atoms with Gasteiger partial charge in [-0.05, 0) is 0 Å². The maximum absolute atomic E-state index is 12.5. The van der Waals surface area contributed by atoms with E-state index in [9.17, 15) is 70.2 Å². The average Bonchev–Trinajstić information content (AvgIpc) is 1.69. The number of ether oxygens (including phenoxy) is 14. The zero-order valence-corrected chi connectivity index (χ0v) is 73.2. The first-order chi connectivity index (χ1) is 59.4. The van der Waals surface area contributed by atoms with Gasteiger partial charge in [-0.15, -0.1) is 25.5 Å². The van der Waals surface area contributed by atoms with Gasteiger partial charge in [0.25, 0.3) is 17.7 Å². The molecule has 0 aliphatic carbocycles. The summed E-state index contributed by atoms with van der Waals surface area (Å²) in [6, 6.07) is 0. The summed E-state index contributed by atoms with van der Waals surface area (Å²) in [6.07, 6.45) is -13.5. The summed E-state index contributed by atoms with van der Waals surface area (Å²) >= 11 is 0. The van der Waals surface area contributed by atoms with E-state index in [2.05, 4.69) is 66.0 Å². The van der Waals surface area contributed by atoms with Crippen LogP contribution in [-0.4, -0.2) is 441 Å². The van der Waals surface area contributed by atoms with E-state index in [0.29, 0.717) is 79.0 Å². The number of methoxy groups -OCH3 is 7. The summed E-state index contributed by atoms with van der Waals surface area (Å²) in [5.41, 5.74) is 5.73. The normalized spacial score (nSPS) is 25.8. The molecule has 708 valence electrons. The first-order valence-corrected chi connectivity index (χ1v) is 40.0. The van der Waals surface area contributed by atoms with Crippen LogP contribution in [0.2, 0.25) is 0 Å². The van der Waals surface area contributed by atoms with E-state index in [0.717, 1.165) is 9.36 Å². The zero-order valence-electron chi connectivity index (χ0n) is 73.2. The van der Waals surface area contributed by atoms with E-state index in [4.69, 9.17) is 87.4 Å². The molecule has 20 atom stereocenters. The van der Waals surface area contributed by atoms with Crippen LogP contribution in [0.1, 0.15) is 156 Å². The summed E-state index contributed by atoms with van der Waals surface area (Å²) in [4.78, 5) is 72.5. The van der Waals surface area contributed by atoms with Crippen molar-refractivity contribution in [3.8, 4) is 0 Å². The van der Waals surface area contributed by atoms with Gasteiger partial charge < -0.3 is 154 Å². The largest absolute Gasteiger partial charge is 0.394 e. The molecule has 5 unspecified atom stereocenters. The maximum Gasteiger partial charge on any atom is 0.293 e. The van der Waals surface area contributed by atoms with E-state index in [1.165, 1.54) is 100 Å². The number of nitrogens with one attached hydrogen (secondary N) is 2. The van der Waals surface area contributed by atoms with Gasteiger partial charge in [0, 0.05) is 82.9 Å². The van der Waals surface area contributed by atoms with Crippen LogP contribution < -0.4 is 16.4 Å². The summed E-state index contributed by atoms with van der Waals surface area (Å²) in [5.74, 6) is -1.48. The number of hydrogen-bond acceptors (Lipinski definition) is 42. The van der Waals surface area contributed by atoms with Crippen molar-refractivity contribution >= 4 is 29.3 Å². The van der Waals surface area contributed by atoms with E-state index < -0.39 is 160 Å². The van der Waals surface area contributed by atoms with Crippen molar-refractivity contribution in [3.05, 3.63) is 60.8 Å². The molecule has 3 amide bonds. The predicted octanol–water partition coefficient (Wildman–Crippen LogP) is -6.04. The van der Waals surface area contributed by atoms with Crippen LogP contribution in [0.5, 0.6) is 0 Å². The van der Waals surface area contributed by atoms with E-state index in [1.807, 2.05) is 69.2 Å². The van der Waals surface area contributed by atoms with Gasteiger partial charge >= 0.3 is 0 Å². The number of carbonyl (C=O) groups excluding carboxylic acids is 4. The third-order valence-corrected chi connectivity index (χ3v) is 16.9. The highest BCUT2D eigenvalue weighted by atomic mass is 16.6. The number of aromatic nitrogens is 15. The number of nitrogens with two attached hydrogens (primary N) is 1. The molecule has 51 heteroatoms. The standard InChI is InChI=1S/2C14H24N4O7.C12H19N3O6.C11H19N5O5.C11H18N4O6.5C2H6/c1-23-5-3-17(4-6-24-2)13(22)12-15-8-18(16-12)14-11(21)10(20)9(7-19)25-14;1-22-4-3-15-13(21)12-16-8-18(17-12)14-11(24-6-5-23-2)10(20)9(7-19)25-14;1-7(17)11-13-6-15(14-11)12-10(20-4-3-19-2)9(18)8(5-16)21-12;1-20-3-2-13-9(12)10-14-5-16(15-10)11-8(19)7(18)6(4-17)21-11;1-20-3-2-12-10(19)9-13-5-15(14-9)11-8(18)7(17)6(4-16)21-11;5*1-2/h8-11,14,19-21H,3-7H2,1-2H3;8-11,14,19-20H,3-7H2,1-2H3,(H,15,21);6,8-10,12,16,18H,3-5H2,1-2H3;5-8,11,17-19H,2-4H2,1H3,(H2,12,13);5-8,11,16-18H,2-4H2,1H3,(H,12,19);5*1-2H3/t2*9-,10?,11+,14-;8-,9?,10+,12-;2*6-,7?,8+,11-;;;;;/m11111...../s1. The van der Waals surface area contributed by atoms with Crippen molar-refractivity contribution in [2.75, 3.05) is 175 Å². The molecule has 5 aromatic heterocycles. The van der Waals surface area contributed by atoms with Crippen molar-refractivity contribution < 1.29 is 152 Å². The molecule has 5 saturated heterocycles. The van der Waals surface area contributed by atoms with Crippen LogP contribution in [0.15, 0.2) is 36.6 Å². The minimum Gasteiger partial charge on any atom is -0.394 e. The minimum absolute atomic E-state index is 0.0442. The van der Waals surface area contributed by atoms with E-state index in [1.54, 1.807) is 7.11 Å². The molecule has 0 spiro atoms. The molecular formula is C72H134N20O31. The predicted molar refractivity (Wildman–Crippen MR) is 429 cm³/mol. The van der Waals surface area contributed by atoms with Crippen LogP contribution >= 0.6 is 0 Å². The highest BCUT2D eigenvalue weighted by Gasteiger charge is 2.49. The van der Waals surface area contributed by atoms with Gasteiger partial charge in [0.15, 0.2) is 42.8 Å². The highest BCUT2D eigenvalue weighted by Crippen LogP contribution is 2.34. The number of carbonyl (C=O) groups is 4. The number of amidine groups is 1. The van der Waals surface area contributed by atoms with Crippen molar-refractivity contribution in [2.24, 2.45) is 10.7 Å². The lowest BCUT2D eigenvalue weighted by molar-refractivity contribution is -0.0852. The Morgan fingerprint density at radius 3 is 0.967 bits per heavy atom. The van der Waals surface area contributed by atoms with Crippen LogP contribution in [0.3, 0.4) is 0 Å². The van der Waals surface area contributed by atoms with Crippen LogP contribution in [0.4, 0.5) is 0 Å². The van der Waals surface area contributed by atoms with Gasteiger partial charge in [0.2, 0.25) is 29.1 Å². The zero-order chi connectivity index (χ0) is 92.8. The highest BCUT2D eigenvalue weighted by molar-refractivity contribution is 5.94. The van der Waals surface area contributed by atoms with Gasteiger partial charge in [0.05, 0.1) is 99.0 Å². The van der Waals surface area contributed by atoms with E-state index >= 15 is 0 Å². The summed E-state index contributed by atoms with van der Waals surface area (Å²) in [5, 5.41) is 150. The molecule has 51 nitrogen and oxygen atoms in total. The molecule has 0 radical (unpaired) electrons. The monoisotopic (exact) mass is 1770 g/mol. The topological polar surface area (TPSA) is 680 Å². The van der Waals surface area contributed by atoms with Crippen molar-refractivity contribution in [3.63, 3.8) is 0 Å². The second kappa shape index (κ2) is 64.0. The quantitative estimate of drug-likeness (QED) is 0.00757. The third-order valence-electron chi connectivity index (χ3n) is 16.9. The number of amides is 3. The average molecular weight is 1780 g/mol. The van der Waals surface area contributed by atoms with Gasteiger partial charge in [-0.25, -0.2) is 48.3 Å². The van der Waals surface area contributed by atoms with E-state index in [-0.39, 0.29) is 67.2 Å². The van der Waals surface area contributed by atoms with Crippen molar-refractivity contribution in [2.45, 2.75) is 199 Å². The fourth-order valence-corrected chi connectivity index (χ4v) is 10.8. The molecule has 0 saturated carbocycles. The molecule has 123 heavy (non-hydrogen) atoms. The van der Waals surface area contributed by atoms with Crippen LogP contribution in [-0.2, 0) is 66.3 Å². The molecule has 5 fully saturated rings. The Morgan fingerprint density at radius 1 is 0.382 bits per heavy atom. The molecule has 5 aliphatic heterocycles. The molecule has 5 aliphatic rings. The molecule has 0 aromatic carbocycles. The Morgan fingerprint density at radius 2 is 0.659 bits per heavy atom. The summed E-state index contributed by atoms with van der Waals surface area (Å²) < 4.78 is 78.6. The number of aliphatic hydroxyl groups excluding tert-OH is 13. The van der Waals surface area contributed by atoms with Crippen LogP contribution in [0.25, 0.3) is 0 Å². The van der Waals surface area contributed by atoms with Crippen molar-refractivity contribution in [1.29, 1.82) is 0 Å². The number of rotatable bonds is 38. The second-order valence-electron chi connectivity index (χ2n) is 24.7. The first-order valence-electron chi connectivity index (χ1n) is 40.0. The SMILES string of the molecule is CC.CC.CC.CC.CC.COCCN(CCOC)C(=O)c1ncn([C@@H]2O[C@H](CO)C(O)[C@@H]2O)n1.COCCN=C(N)c1ncn([C@@H]2O[C@H](CO)C(O)[C@@H]2O)n1.COCCNC(=O)c1ncn([C@@H]2O[C@H](CO)C(O)[C@@H]2O)n1.COCCNC(=O)c1ncn([C@@H]2O[C@H](CO)C(O)[C@@H]2OCCOC)n1.COCCO[C@H]1C(O)[C@@H](CO)O[C@H]1n1cnc(C(C)=O)n1. The fraction of sp³-hybridized carbons (Fsp3) is 0.792. The number of Topliss-reactive ketones (excluding diaryl/α,β-unsaturated/α-hetero) is 1. The lowest BCUT2D eigenvalue weighted by Crippen LogP contribution is -2.37. The second-order valence-corrected chi connectivity index (χ2v) is 24.7. The van der Waals surface area contributed by atoms with Gasteiger partial charge in [-0.1, -0.05) is 69.2 Å². The maximum atomic E-state index is 12.5. The van der Waals surface area contributed by atoms with Gasteiger partial charge in [-0.2, -0.15) is 0 Å². The molecule has 5 aromatic rings. The smallest absolute Gasteiger partial charge is 0.293 e. The Hall–Kier alpha value is -7.83. The lowest BCUT2D eigenvalue weighted by Gasteiger charge is -2.20. The summed E-state index contributed by atoms with van der Waals surface area (Å²) in [7, 11) is 10.7. The minimum atomic E-state index is -1.29. The Balaban J connectivity index is 0.000000750. The number of ketones is 1. The first kappa shape index (κ1) is 113. The van der Waals surface area contributed by atoms with Gasteiger partial charge in [-0.3, -0.25) is 24.2 Å². The lowest BCUT2D eigenvalue weighted by atomic mass is 10.1. The van der Waals surface area contributed by atoms with Crippen LogP contribution in [0, 0.1) is 0 Å². The Kier molecular flexibility index (Phi) is 58.9. The number of aliphatic hydroxyl groups is 13. The number of hydrogen-bond donors (Lipinski definition) is 16. The van der Waals surface area contributed by atoms with Gasteiger partial charge in [0.1, 0.15) is 123 Å². The Bertz CT molecular complexity index is 3600. The number of nitrogens with zero attached hydrogens (tertiary/aromatic N) is 17.